The number of aromatic nitrogens is 2. The van der Waals surface area contributed by atoms with Crippen LogP contribution in [0.5, 0.6) is 0 Å². The fraction of sp³-hybridized carbons (Fsp3) is 0.273. The summed E-state index contributed by atoms with van der Waals surface area (Å²) in [6.45, 7) is 2.10. The Bertz CT molecular complexity index is 440. The molecule has 78 valence electrons. The van der Waals surface area contributed by atoms with Gasteiger partial charge in [-0.15, -0.1) is 0 Å². The first-order valence-electron chi connectivity index (χ1n) is 4.85. The molecule has 2 aromatic heterocycles. The Balaban J connectivity index is 2.51. The molecular formula is C11H11ClN2O. The molecular weight excluding hydrogens is 212 g/mol. The Morgan fingerprint density at radius 1 is 1.40 bits per heavy atom. The summed E-state index contributed by atoms with van der Waals surface area (Å²) in [6, 6.07) is 1.87. The van der Waals surface area contributed by atoms with E-state index in [9.17, 15) is 0 Å². The highest BCUT2D eigenvalue weighted by Gasteiger charge is 2.11. The first-order chi connectivity index (χ1) is 7.33. The highest BCUT2D eigenvalue weighted by Crippen LogP contribution is 2.26. The third kappa shape index (κ3) is 2.02. The second-order valence-electron chi connectivity index (χ2n) is 3.25. The number of rotatable bonds is 3. The molecule has 15 heavy (non-hydrogen) atoms. The van der Waals surface area contributed by atoms with Crippen molar-refractivity contribution in [2.24, 2.45) is 0 Å². The lowest BCUT2D eigenvalue weighted by molar-refractivity contribution is 0.568. The van der Waals surface area contributed by atoms with E-state index < -0.39 is 0 Å². The van der Waals surface area contributed by atoms with Gasteiger partial charge in [-0.25, -0.2) is 9.97 Å². The van der Waals surface area contributed by atoms with Crippen LogP contribution in [0, 0.1) is 0 Å². The van der Waals surface area contributed by atoms with E-state index in [0.29, 0.717) is 5.15 Å². The lowest BCUT2D eigenvalue weighted by atomic mass is 10.1. The van der Waals surface area contributed by atoms with Crippen LogP contribution in [0.1, 0.15) is 18.9 Å². The molecule has 0 aromatic carbocycles. The fourth-order valence-electron chi connectivity index (χ4n) is 1.51. The summed E-state index contributed by atoms with van der Waals surface area (Å²) in [7, 11) is 0. The van der Waals surface area contributed by atoms with E-state index in [1.54, 1.807) is 12.5 Å². The van der Waals surface area contributed by atoms with Crippen molar-refractivity contribution in [3.05, 3.63) is 35.6 Å². The summed E-state index contributed by atoms with van der Waals surface area (Å²) in [5, 5.41) is 0.531. The number of hydrogen-bond acceptors (Lipinski definition) is 3. The van der Waals surface area contributed by atoms with Crippen molar-refractivity contribution < 1.29 is 4.42 Å². The second kappa shape index (κ2) is 4.45. The third-order valence-corrected chi connectivity index (χ3v) is 2.51. The molecule has 2 heterocycles. The van der Waals surface area contributed by atoms with Gasteiger partial charge in [-0.1, -0.05) is 24.9 Å². The van der Waals surface area contributed by atoms with E-state index in [1.165, 1.54) is 6.33 Å². The van der Waals surface area contributed by atoms with Gasteiger partial charge in [0.05, 0.1) is 18.2 Å². The SMILES string of the molecule is CCCc1c(Cl)ncnc1-c1ccoc1. The van der Waals surface area contributed by atoms with Gasteiger partial charge in [-0.3, -0.25) is 0 Å². The van der Waals surface area contributed by atoms with Gasteiger partial charge in [-0.2, -0.15) is 0 Å². The molecule has 0 radical (unpaired) electrons. The van der Waals surface area contributed by atoms with Crippen LogP contribution in [-0.4, -0.2) is 9.97 Å². The minimum absolute atomic E-state index is 0.531. The van der Waals surface area contributed by atoms with Crippen molar-refractivity contribution in [1.29, 1.82) is 0 Å². The molecule has 0 aliphatic heterocycles. The molecule has 4 heteroatoms. The molecule has 0 fully saturated rings. The maximum atomic E-state index is 6.04. The zero-order valence-corrected chi connectivity index (χ0v) is 9.16. The molecule has 2 aromatic rings. The van der Waals surface area contributed by atoms with Crippen LogP contribution in [-0.2, 0) is 6.42 Å². The lowest BCUT2D eigenvalue weighted by Crippen LogP contribution is -1.95. The lowest BCUT2D eigenvalue weighted by Gasteiger charge is -2.06. The van der Waals surface area contributed by atoms with Gasteiger partial charge in [0.15, 0.2) is 0 Å². The third-order valence-electron chi connectivity index (χ3n) is 2.19. The molecule has 0 saturated carbocycles. The maximum Gasteiger partial charge on any atom is 0.136 e. The smallest absolute Gasteiger partial charge is 0.136 e. The molecule has 0 unspecified atom stereocenters. The minimum Gasteiger partial charge on any atom is -0.472 e. The summed E-state index contributed by atoms with van der Waals surface area (Å²) in [6.07, 6.45) is 6.65. The summed E-state index contributed by atoms with van der Waals surface area (Å²) >= 11 is 6.04. The van der Waals surface area contributed by atoms with E-state index >= 15 is 0 Å². The Kier molecular flexibility index (Phi) is 3.02. The van der Waals surface area contributed by atoms with E-state index in [-0.39, 0.29) is 0 Å². The van der Waals surface area contributed by atoms with Crippen molar-refractivity contribution in [2.75, 3.05) is 0 Å². The van der Waals surface area contributed by atoms with Crippen LogP contribution in [0.4, 0.5) is 0 Å². The van der Waals surface area contributed by atoms with Crippen LogP contribution in [0.25, 0.3) is 11.3 Å². The first-order valence-corrected chi connectivity index (χ1v) is 5.22. The topological polar surface area (TPSA) is 38.9 Å². The average molecular weight is 223 g/mol. The standard InChI is InChI=1S/C11H11ClN2O/c1-2-3-9-10(8-4-5-15-6-8)13-7-14-11(9)12/h4-7H,2-3H2,1H3. The summed E-state index contributed by atoms with van der Waals surface area (Å²) in [5.74, 6) is 0. The number of furan rings is 1. The van der Waals surface area contributed by atoms with Gasteiger partial charge in [0.2, 0.25) is 0 Å². The zero-order valence-electron chi connectivity index (χ0n) is 8.40. The molecule has 0 N–H and O–H groups in total. The van der Waals surface area contributed by atoms with Gasteiger partial charge >= 0.3 is 0 Å². The fourth-order valence-corrected chi connectivity index (χ4v) is 1.74. The van der Waals surface area contributed by atoms with E-state index in [2.05, 4.69) is 16.9 Å². The minimum atomic E-state index is 0.531. The molecule has 0 saturated heterocycles. The second-order valence-corrected chi connectivity index (χ2v) is 3.61. The summed E-state index contributed by atoms with van der Waals surface area (Å²) < 4.78 is 5.04. The molecule has 0 amide bonds. The largest absolute Gasteiger partial charge is 0.472 e. The van der Waals surface area contributed by atoms with Gasteiger partial charge in [0.25, 0.3) is 0 Å². The molecule has 3 nitrogen and oxygen atoms in total. The number of nitrogens with zero attached hydrogens (tertiary/aromatic N) is 2. The van der Waals surface area contributed by atoms with Crippen molar-refractivity contribution in [1.82, 2.24) is 9.97 Å². The van der Waals surface area contributed by atoms with E-state index in [4.69, 9.17) is 16.0 Å². The van der Waals surface area contributed by atoms with Crippen LogP contribution < -0.4 is 0 Å². The quantitative estimate of drug-likeness (QED) is 0.748. The monoisotopic (exact) mass is 222 g/mol. The van der Waals surface area contributed by atoms with Crippen molar-refractivity contribution in [2.45, 2.75) is 19.8 Å². The van der Waals surface area contributed by atoms with Crippen LogP contribution in [0.2, 0.25) is 5.15 Å². The van der Waals surface area contributed by atoms with E-state index in [0.717, 1.165) is 29.7 Å². The van der Waals surface area contributed by atoms with Gasteiger partial charge in [0.1, 0.15) is 11.5 Å². The van der Waals surface area contributed by atoms with Crippen molar-refractivity contribution in [3.63, 3.8) is 0 Å². The number of halogens is 1. The maximum absolute atomic E-state index is 6.04. The summed E-state index contributed by atoms with van der Waals surface area (Å²) in [5.41, 5.74) is 2.80. The predicted molar refractivity (Wildman–Crippen MR) is 58.7 cm³/mol. The Morgan fingerprint density at radius 2 is 2.27 bits per heavy atom. The highest BCUT2D eigenvalue weighted by atomic mass is 35.5. The van der Waals surface area contributed by atoms with Gasteiger partial charge in [-0.05, 0) is 12.5 Å². The molecule has 0 atom stereocenters. The molecule has 0 aliphatic rings. The Labute approximate surface area is 93.1 Å². The Hall–Kier alpha value is -1.35. The molecule has 0 spiro atoms. The van der Waals surface area contributed by atoms with Crippen LogP contribution in [0.3, 0.4) is 0 Å². The van der Waals surface area contributed by atoms with E-state index in [1.807, 2.05) is 6.07 Å². The van der Waals surface area contributed by atoms with Crippen LogP contribution >= 0.6 is 11.6 Å². The molecule has 0 bridgehead atoms. The normalized spacial score (nSPS) is 10.5. The average Bonchev–Trinajstić information content (AvgIpc) is 2.74. The Morgan fingerprint density at radius 3 is 2.93 bits per heavy atom. The predicted octanol–water partition coefficient (Wildman–Crippen LogP) is 3.34. The molecule has 2 rings (SSSR count). The van der Waals surface area contributed by atoms with Crippen molar-refractivity contribution in [3.8, 4) is 11.3 Å². The van der Waals surface area contributed by atoms with Crippen LogP contribution in [0.15, 0.2) is 29.3 Å². The summed E-state index contributed by atoms with van der Waals surface area (Å²) in [4.78, 5) is 8.24. The van der Waals surface area contributed by atoms with Crippen molar-refractivity contribution >= 4 is 11.6 Å². The first kappa shape index (κ1) is 10.2. The van der Waals surface area contributed by atoms with Gasteiger partial charge < -0.3 is 4.42 Å². The highest BCUT2D eigenvalue weighted by molar-refractivity contribution is 6.30. The number of hydrogen-bond donors (Lipinski definition) is 0. The zero-order chi connectivity index (χ0) is 10.7. The molecule has 0 aliphatic carbocycles. The van der Waals surface area contributed by atoms with Gasteiger partial charge in [0, 0.05) is 11.1 Å².